The van der Waals surface area contributed by atoms with Crippen LogP contribution in [0.1, 0.15) is 6.92 Å². The Labute approximate surface area is 146 Å². The molecular weight excluding hydrogens is 344 g/mol. The van der Waals surface area contributed by atoms with Crippen molar-refractivity contribution in [1.82, 2.24) is 25.0 Å². The molecule has 0 unspecified atom stereocenters. The van der Waals surface area contributed by atoms with Gasteiger partial charge in [-0.05, 0) is 19.1 Å². The van der Waals surface area contributed by atoms with Crippen molar-refractivity contribution in [3.05, 3.63) is 36.2 Å². The first-order valence-electron chi connectivity index (χ1n) is 8.12. The highest BCUT2D eigenvalue weighted by atomic mass is 19.1. The summed E-state index contributed by atoms with van der Waals surface area (Å²) in [5.41, 5.74) is 1.18. The molecule has 4 rings (SSSR count). The summed E-state index contributed by atoms with van der Waals surface area (Å²) in [6.07, 6.45) is 1.44. The largest absolute Gasteiger partial charge is 0.353 e. The van der Waals surface area contributed by atoms with Gasteiger partial charge in [-0.2, -0.15) is 0 Å². The van der Waals surface area contributed by atoms with Crippen LogP contribution in [0.15, 0.2) is 24.5 Å². The monoisotopic (exact) mass is 359 g/mol. The summed E-state index contributed by atoms with van der Waals surface area (Å²) >= 11 is 0. The molecular formula is C16H15F2N7O. The molecule has 3 aromatic rings. The van der Waals surface area contributed by atoms with Gasteiger partial charge in [0.15, 0.2) is 17.0 Å². The van der Waals surface area contributed by atoms with Crippen LogP contribution in [0, 0.1) is 17.6 Å². The van der Waals surface area contributed by atoms with Crippen molar-refractivity contribution in [2.45, 2.75) is 13.5 Å². The van der Waals surface area contributed by atoms with Crippen LogP contribution < -0.4 is 10.2 Å². The Bertz CT molecular complexity index is 984. The van der Waals surface area contributed by atoms with Gasteiger partial charge in [0.2, 0.25) is 5.91 Å². The van der Waals surface area contributed by atoms with Crippen LogP contribution in [-0.4, -0.2) is 44.0 Å². The summed E-state index contributed by atoms with van der Waals surface area (Å²) in [6.45, 7) is 3.41. The Morgan fingerprint density at radius 3 is 2.85 bits per heavy atom. The normalized spacial score (nSPS) is 14.5. The molecule has 1 aliphatic rings. The zero-order chi connectivity index (χ0) is 18.3. The first-order chi connectivity index (χ1) is 12.6. The Kier molecular flexibility index (Phi) is 3.94. The number of carbonyl (C=O) groups is 1. The third-order valence-electron chi connectivity index (χ3n) is 4.32. The maximum absolute atomic E-state index is 13.6. The van der Waals surface area contributed by atoms with Crippen molar-refractivity contribution < 1.29 is 13.6 Å². The molecule has 0 atom stereocenters. The maximum atomic E-state index is 13.6. The summed E-state index contributed by atoms with van der Waals surface area (Å²) in [5, 5.41) is 10.6. The number of nitrogens with zero attached hydrogens (tertiary/aromatic N) is 6. The maximum Gasteiger partial charge on any atom is 0.231 e. The van der Waals surface area contributed by atoms with Gasteiger partial charge < -0.3 is 10.2 Å². The minimum absolute atomic E-state index is 0.0369. The number of rotatable bonds is 4. The van der Waals surface area contributed by atoms with Gasteiger partial charge in [-0.1, -0.05) is 5.21 Å². The van der Waals surface area contributed by atoms with E-state index in [2.05, 4.69) is 25.6 Å². The topological polar surface area (TPSA) is 88.8 Å². The summed E-state index contributed by atoms with van der Waals surface area (Å²) < 4.78 is 28.2. The number of nitrogens with one attached hydrogen (secondary N) is 1. The third kappa shape index (κ3) is 2.72. The lowest BCUT2D eigenvalue weighted by molar-refractivity contribution is -0.120. The molecule has 134 valence electrons. The quantitative estimate of drug-likeness (QED) is 0.761. The van der Waals surface area contributed by atoms with E-state index in [4.69, 9.17) is 0 Å². The van der Waals surface area contributed by atoms with Gasteiger partial charge in [0.1, 0.15) is 18.0 Å². The van der Waals surface area contributed by atoms with E-state index in [-0.39, 0.29) is 17.5 Å². The van der Waals surface area contributed by atoms with Gasteiger partial charge in [0.05, 0.1) is 11.6 Å². The molecule has 0 bridgehead atoms. The van der Waals surface area contributed by atoms with Crippen molar-refractivity contribution in [3.63, 3.8) is 0 Å². The summed E-state index contributed by atoms with van der Waals surface area (Å²) in [5.74, 6) is -1.53. The molecule has 2 aromatic heterocycles. The molecule has 1 aromatic carbocycles. The molecule has 8 nitrogen and oxygen atoms in total. The molecule has 1 fully saturated rings. The van der Waals surface area contributed by atoms with Crippen LogP contribution in [-0.2, 0) is 11.3 Å². The highest BCUT2D eigenvalue weighted by Gasteiger charge is 2.35. The standard InChI is InChI=1S/C16H15F2N7O/c1-2-25-15-13(22-23-25)14(19-8-20-15)24-6-9(7-24)16(26)21-12-4-3-10(17)5-11(12)18/h3-5,8-9H,2,6-7H2,1H3,(H,21,26). The van der Waals surface area contributed by atoms with Crippen LogP contribution in [0.3, 0.4) is 0 Å². The summed E-state index contributed by atoms with van der Waals surface area (Å²) in [4.78, 5) is 22.6. The van der Waals surface area contributed by atoms with Crippen molar-refractivity contribution in [2.75, 3.05) is 23.3 Å². The number of halogens is 2. The fourth-order valence-corrected chi connectivity index (χ4v) is 2.87. The molecule has 1 N–H and O–H groups in total. The second-order valence-corrected chi connectivity index (χ2v) is 5.99. The van der Waals surface area contributed by atoms with Crippen molar-refractivity contribution >= 4 is 28.6 Å². The molecule has 1 amide bonds. The first kappa shape index (κ1) is 16.3. The predicted octanol–water partition coefficient (Wildman–Crippen LogP) is 1.59. The Hall–Kier alpha value is -3.17. The van der Waals surface area contributed by atoms with Gasteiger partial charge in [0.25, 0.3) is 0 Å². The molecule has 26 heavy (non-hydrogen) atoms. The lowest BCUT2D eigenvalue weighted by Crippen LogP contribution is -2.52. The van der Waals surface area contributed by atoms with Crippen LogP contribution in [0.2, 0.25) is 0 Å². The molecule has 0 spiro atoms. The van der Waals surface area contributed by atoms with Crippen LogP contribution >= 0.6 is 0 Å². The molecule has 0 saturated carbocycles. The number of hydrogen-bond donors (Lipinski definition) is 1. The SMILES string of the molecule is CCn1nnc2c(N3CC(C(=O)Nc4ccc(F)cc4F)C3)ncnc21. The van der Waals surface area contributed by atoms with Crippen molar-refractivity contribution in [3.8, 4) is 0 Å². The Balaban J connectivity index is 1.45. The van der Waals surface area contributed by atoms with E-state index in [1.54, 1.807) is 4.68 Å². The number of hydrogen-bond acceptors (Lipinski definition) is 6. The smallest absolute Gasteiger partial charge is 0.231 e. The third-order valence-corrected chi connectivity index (χ3v) is 4.32. The molecule has 0 aliphatic carbocycles. The summed E-state index contributed by atoms with van der Waals surface area (Å²) in [6, 6.07) is 3.04. The van der Waals surface area contributed by atoms with E-state index in [0.717, 1.165) is 12.1 Å². The number of anilines is 2. The summed E-state index contributed by atoms with van der Waals surface area (Å²) in [7, 11) is 0. The van der Waals surface area contributed by atoms with Crippen LogP contribution in [0.4, 0.5) is 20.3 Å². The number of aryl methyl sites for hydroxylation is 1. The fraction of sp³-hybridized carbons (Fsp3) is 0.312. The fourth-order valence-electron chi connectivity index (χ4n) is 2.87. The first-order valence-corrected chi connectivity index (χ1v) is 8.12. The lowest BCUT2D eigenvalue weighted by Gasteiger charge is -2.38. The van der Waals surface area contributed by atoms with E-state index in [1.807, 2.05) is 11.8 Å². The van der Waals surface area contributed by atoms with E-state index in [9.17, 15) is 13.6 Å². The van der Waals surface area contributed by atoms with Gasteiger partial charge >= 0.3 is 0 Å². The number of amides is 1. The Morgan fingerprint density at radius 2 is 2.12 bits per heavy atom. The second kappa shape index (κ2) is 6.28. The number of aromatic nitrogens is 5. The average molecular weight is 359 g/mol. The highest BCUT2D eigenvalue weighted by Crippen LogP contribution is 2.28. The highest BCUT2D eigenvalue weighted by molar-refractivity contribution is 5.95. The molecule has 3 heterocycles. The minimum atomic E-state index is -0.803. The van der Waals surface area contributed by atoms with E-state index in [0.29, 0.717) is 36.6 Å². The van der Waals surface area contributed by atoms with E-state index >= 15 is 0 Å². The van der Waals surface area contributed by atoms with Crippen molar-refractivity contribution in [2.24, 2.45) is 5.92 Å². The minimum Gasteiger partial charge on any atom is -0.353 e. The number of carbonyl (C=O) groups excluding carboxylic acids is 1. The van der Waals surface area contributed by atoms with Gasteiger partial charge in [-0.15, -0.1) is 5.10 Å². The van der Waals surface area contributed by atoms with Crippen LogP contribution in [0.5, 0.6) is 0 Å². The Morgan fingerprint density at radius 1 is 1.31 bits per heavy atom. The molecule has 1 saturated heterocycles. The lowest BCUT2D eigenvalue weighted by atomic mass is 9.99. The second-order valence-electron chi connectivity index (χ2n) is 5.99. The molecule has 1 aliphatic heterocycles. The van der Waals surface area contributed by atoms with Crippen molar-refractivity contribution in [1.29, 1.82) is 0 Å². The number of benzene rings is 1. The van der Waals surface area contributed by atoms with Gasteiger partial charge in [0, 0.05) is 25.7 Å². The zero-order valence-corrected chi connectivity index (χ0v) is 13.9. The molecule has 0 radical (unpaired) electrons. The van der Waals surface area contributed by atoms with E-state index in [1.165, 1.54) is 12.4 Å². The number of fused-ring (bicyclic) bond motifs is 1. The van der Waals surface area contributed by atoms with E-state index < -0.39 is 11.6 Å². The van der Waals surface area contributed by atoms with Crippen LogP contribution in [0.25, 0.3) is 11.2 Å². The average Bonchev–Trinajstić information content (AvgIpc) is 3.00. The zero-order valence-electron chi connectivity index (χ0n) is 13.9. The molecule has 10 heteroatoms. The van der Waals surface area contributed by atoms with Gasteiger partial charge in [-0.3, -0.25) is 4.79 Å². The predicted molar refractivity (Wildman–Crippen MR) is 89.5 cm³/mol. The van der Waals surface area contributed by atoms with Gasteiger partial charge in [-0.25, -0.2) is 23.4 Å².